The summed E-state index contributed by atoms with van der Waals surface area (Å²) in [5, 5.41) is 9.56. The lowest BCUT2D eigenvalue weighted by molar-refractivity contribution is -0.192. The Labute approximate surface area is 699 Å². The molecule has 0 bridgehead atoms. The number of aryl methyl sites for hydroxylation is 3. The van der Waals surface area contributed by atoms with Crippen molar-refractivity contribution in [2.75, 3.05) is 25.3 Å². The van der Waals surface area contributed by atoms with Crippen molar-refractivity contribution in [3.05, 3.63) is 311 Å². The number of benzene rings is 6. The van der Waals surface area contributed by atoms with Crippen LogP contribution in [0.2, 0.25) is 0 Å². The number of aromatic amines is 1. The van der Waals surface area contributed by atoms with Gasteiger partial charge in [-0.25, -0.2) is 81.4 Å². The number of nitrogens with zero attached hydrogens (tertiary/aromatic N) is 14. The van der Waals surface area contributed by atoms with Crippen LogP contribution in [0.1, 0.15) is 5.56 Å². The molecule has 0 radical (unpaired) electrons. The molecule has 119 heavy (non-hydrogen) atoms. The largest absolute Gasteiger partial charge is 0.497 e. The van der Waals surface area contributed by atoms with Gasteiger partial charge in [-0.1, -0.05) is 0 Å². The Hall–Kier alpha value is -13.9. The fraction of sp³-hybridized carbons (Fsp3) is 0.0824. The van der Waals surface area contributed by atoms with Crippen LogP contribution in [0.3, 0.4) is 0 Å². The number of urea groups is 1. The number of hydrogen-bond acceptors (Lipinski definition) is 15. The van der Waals surface area contributed by atoms with Crippen molar-refractivity contribution >= 4 is 71.4 Å². The number of hydrogen-bond donors (Lipinski definition) is 5. The highest BCUT2D eigenvalue weighted by Crippen LogP contribution is 2.38. The molecule has 34 heteroatoms. The lowest BCUT2D eigenvalue weighted by Gasteiger charge is -2.14. The van der Waals surface area contributed by atoms with Crippen molar-refractivity contribution in [1.29, 1.82) is 0 Å². The zero-order valence-electron chi connectivity index (χ0n) is 63.2. The molecule has 16 rings (SSSR count). The first kappa shape index (κ1) is 86.0. The highest BCUT2D eigenvalue weighted by molar-refractivity contribution is 9.11. The zero-order valence-corrected chi connectivity index (χ0v) is 67.9. The number of halogens is 11. The molecule has 0 aliphatic carbocycles. The second-order valence-electron chi connectivity index (χ2n) is 25.4. The van der Waals surface area contributed by atoms with E-state index in [9.17, 15) is 39.9 Å². The molecule has 2 amide bonds. The number of methoxy groups -OCH3 is 2. The van der Waals surface area contributed by atoms with Gasteiger partial charge in [0.1, 0.15) is 66.0 Å². The maximum absolute atomic E-state index is 13.5. The van der Waals surface area contributed by atoms with Crippen LogP contribution in [-0.4, -0.2) is 111 Å². The molecule has 0 aliphatic heterocycles. The van der Waals surface area contributed by atoms with E-state index in [1.165, 1.54) is 60.7 Å². The second kappa shape index (κ2) is 39.7. The molecule has 0 saturated carbocycles. The van der Waals surface area contributed by atoms with Gasteiger partial charge in [0.25, 0.3) is 0 Å². The van der Waals surface area contributed by atoms with Crippen LogP contribution < -0.4 is 26.3 Å². The molecule has 0 atom stereocenters. The van der Waals surface area contributed by atoms with Crippen LogP contribution in [0.4, 0.5) is 51.6 Å². The third-order valence-electron chi connectivity index (χ3n) is 17.3. The zero-order chi connectivity index (χ0) is 85.0. The number of nitrogens with two attached hydrogens (primary N) is 2. The average Bonchev–Trinajstić information content (AvgIpc) is 1.69. The van der Waals surface area contributed by atoms with E-state index in [1.807, 2.05) is 100 Å². The van der Waals surface area contributed by atoms with Gasteiger partial charge in [0.2, 0.25) is 0 Å². The number of ether oxygens (including phenoxy) is 2. The van der Waals surface area contributed by atoms with Gasteiger partial charge in [0.05, 0.1) is 109 Å². The number of imidazole rings is 5. The van der Waals surface area contributed by atoms with Crippen molar-refractivity contribution in [3.63, 3.8) is 0 Å². The molecule has 0 aliphatic rings. The van der Waals surface area contributed by atoms with Crippen molar-refractivity contribution < 1.29 is 59.3 Å². The molecule has 23 nitrogen and oxygen atoms in total. The Bertz CT molecular complexity index is 6020. The van der Waals surface area contributed by atoms with E-state index in [0.29, 0.717) is 23.9 Å². The summed E-state index contributed by atoms with van der Waals surface area (Å²) in [5.41, 5.74) is 29.1. The normalized spacial score (nSPS) is 10.7. The predicted molar refractivity (Wildman–Crippen MR) is 447 cm³/mol. The molecule has 0 saturated heterocycles. The number of nitrogen functional groups attached to an aromatic ring is 1. The minimum Gasteiger partial charge on any atom is -0.497 e. The summed E-state index contributed by atoms with van der Waals surface area (Å²) < 4.78 is 118. The van der Waals surface area contributed by atoms with Crippen molar-refractivity contribution in [2.45, 2.75) is 12.7 Å². The third-order valence-corrected chi connectivity index (χ3v) is 18.6. The molecule has 0 spiro atoms. The van der Waals surface area contributed by atoms with Gasteiger partial charge >= 0.3 is 18.2 Å². The van der Waals surface area contributed by atoms with Gasteiger partial charge in [-0.05, 0) is 242 Å². The molecule has 0 fully saturated rings. The third kappa shape index (κ3) is 22.6. The minimum absolute atomic E-state index is 0.246. The number of nitrogens with one attached hydrogen (secondary N) is 2. The van der Waals surface area contributed by atoms with Crippen LogP contribution in [0.5, 0.6) is 11.5 Å². The van der Waals surface area contributed by atoms with Gasteiger partial charge in [-0.3, -0.25) is 5.32 Å². The number of primary amides is 1. The van der Waals surface area contributed by atoms with Crippen LogP contribution in [-0.2, 0) is 32.5 Å². The number of alkyl halides is 3. The number of aromatic nitrogens is 15. The summed E-state index contributed by atoms with van der Waals surface area (Å²) in [6.07, 6.45) is 11.9. The van der Waals surface area contributed by atoms with Crippen molar-refractivity contribution in [2.24, 2.45) is 26.9 Å². The van der Waals surface area contributed by atoms with E-state index in [0.717, 1.165) is 138 Å². The lowest BCUT2D eigenvalue weighted by Crippen LogP contribution is -2.21. The molecule has 16 aromatic rings. The van der Waals surface area contributed by atoms with E-state index >= 15 is 0 Å². The summed E-state index contributed by atoms with van der Waals surface area (Å²) in [7, 11) is 8.94. The van der Waals surface area contributed by atoms with E-state index in [1.54, 1.807) is 156 Å². The van der Waals surface area contributed by atoms with E-state index < -0.39 is 18.2 Å². The number of anilines is 2. The number of rotatable bonds is 15. The average molecular weight is 1810 g/mol. The Morgan fingerprint density at radius 3 is 1.21 bits per heavy atom. The van der Waals surface area contributed by atoms with E-state index in [4.69, 9.17) is 30.8 Å². The Kier molecular flexibility index (Phi) is 28.7. The summed E-state index contributed by atoms with van der Waals surface area (Å²) in [6, 6.07) is 55.2. The number of H-pyrrole nitrogens is 1. The molecule has 6 aromatic carbocycles. The fourth-order valence-corrected chi connectivity index (χ4v) is 13.0. The number of carboxylic acid groups (broad SMARTS) is 1. The molecule has 10 heterocycles. The molecule has 10 aromatic heterocycles. The Morgan fingerprint density at radius 2 is 0.798 bits per heavy atom. The quantitative estimate of drug-likeness (QED) is 0.0471. The van der Waals surface area contributed by atoms with Crippen molar-refractivity contribution in [1.82, 2.24) is 73.1 Å². The minimum atomic E-state index is -5.08. The predicted octanol–water partition coefficient (Wildman–Crippen LogP) is 20.0. The molecular weight excluding hydrogens is 1740 g/mol. The van der Waals surface area contributed by atoms with Gasteiger partial charge in [0.15, 0.2) is 0 Å². The van der Waals surface area contributed by atoms with E-state index in [-0.39, 0.29) is 29.1 Å². The van der Waals surface area contributed by atoms with Crippen LogP contribution >= 0.6 is 47.8 Å². The van der Waals surface area contributed by atoms with Gasteiger partial charge < -0.3 is 49.3 Å². The summed E-state index contributed by atoms with van der Waals surface area (Å²) >= 11 is 10.1. The number of carboxylic acids is 1. The SMILES string of the molecule is COc1ccc(Cn2cnc(-c3ccc(F)cc3)c2-c2ccnc(Br)c2)c(OC)c1.Cn1cnc(-c2ccnc(Br)c2)c1-c1ccc(F)cc1.Cn1cnc(-c2ccnc(N)c2)c1-c1ccc(F)cc1.Cn1cnc(-c2ccnc(NC(N)=O)c2)c1-c1ccc(F)cc1.Fc1ccc(-c2[nH]cnc2-c2ccnc(Br)c2)cc1.O=C(O)C(F)(F)F. The Balaban J connectivity index is 0.000000144. The van der Waals surface area contributed by atoms with Crippen molar-refractivity contribution in [3.8, 4) is 124 Å². The van der Waals surface area contributed by atoms with Gasteiger partial charge in [0, 0.05) is 119 Å². The van der Waals surface area contributed by atoms with E-state index in [2.05, 4.69) is 108 Å². The fourth-order valence-electron chi connectivity index (χ4n) is 11.9. The molecule has 604 valence electrons. The smallest absolute Gasteiger partial charge is 0.490 e. The lowest BCUT2D eigenvalue weighted by atomic mass is 10.1. The van der Waals surface area contributed by atoms with Gasteiger partial charge in [-0.15, -0.1) is 0 Å². The summed E-state index contributed by atoms with van der Waals surface area (Å²) in [6.45, 7) is 0.538. The summed E-state index contributed by atoms with van der Waals surface area (Å²) in [5.74, 6) is -1.86. The maximum Gasteiger partial charge on any atom is 0.490 e. The van der Waals surface area contributed by atoms with Crippen LogP contribution in [0.15, 0.2) is 277 Å². The first-order chi connectivity index (χ1) is 57.1. The first-order valence-corrected chi connectivity index (χ1v) is 37.5. The Morgan fingerprint density at radius 1 is 0.429 bits per heavy atom. The topological polar surface area (TPSA) is 301 Å². The highest BCUT2D eigenvalue weighted by Gasteiger charge is 2.38. The number of aliphatic carboxylic acids is 1. The monoisotopic (exact) mass is 1810 g/mol. The molecule has 7 N–H and O–H groups in total. The second-order valence-corrected chi connectivity index (χ2v) is 27.8. The highest BCUT2D eigenvalue weighted by atomic mass is 79.9. The van der Waals surface area contributed by atoms with Gasteiger partial charge in [-0.2, -0.15) is 13.2 Å². The molecule has 0 unspecified atom stereocenters. The number of carbonyl (C=O) groups excluding carboxylic acids is 1. The molecular formula is C85H67Br3F8N18O5. The summed E-state index contributed by atoms with van der Waals surface area (Å²) in [4.78, 5) is 65.6. The standard InChI is InChI=1S/C23H19BrFN3O2.C16H14FN5O.C15H11BrFN3.C15H13FN4.C14H9BrFN3.C2HF3O2/c1-29-19-8-5-17(20(12-19)30-2)13-28-14-27-22(15-3-6-18(25)7-4-15)23(28)16-9-10-26-21(24)11-16;1-22-9-20-14(15(22)10-2-4-12(17)5-3-10)11-6-7-19-13(8-11)21-16(18)23;1-20-9-19-14(11-6-7-18-13(16)8-11)15(20)10-2-4-12(17)5-3-10;1-20-9-19-14(11-6-7-18-13(17)8-11)15(20)10-2-4-12(16)5-3-10;15-12-7-10(5-6-17-12)14-13(18-8-19-14)9-1-3-11(16)4-2-9;3-2(4,5)1(6)7/h3-12,14H,13H2,1-2H3;2-9H,1H3,(H3,18,19,21,23);2-9H,1H3;2-9H,1H3,(H2,17,18);1-8H,(H,18,19);(H,6,7). The number of carbonyl (C=O) groups is 2. The van der Waals surface area contributed by atoms with Crippen LogP contribution in [0, 0.1) is 29.1 Å². The first-order valence-electron chi connectivity index (χ1n) is 35.1. The van der Waals surface area contributed by atoms with Crippen LogP contribution in [0.25, 0.3) is 113 Å². The number of pyridine rings is 5. The number of amides is 2. The maximum atomic E-state index is 13.5.